The Balaban J connectivity index is 1.72. The molecule has 1 unspecified atom stereocenters. The minimum atomic E-state index is 0.371. The molecule has 0 amide bonds. The van der Waals surface area contributed by atoms with Crippen LogP contribution in [0.15, 0.2) is 22.5 Å². The highest BCUT2D eigenvalue weighted by Crippen LogP contribution is 2.26. The second-order valence-corrected chi connectivity index (χ2v) is 7.05. The largest absolute Gasteiger partial charge is 0.379 e. The maximum absolute atomic E-state index is 5.52. The van der Waals surface area contributed by atoms with Gasteiger partial charge in [-0.2, -0.15) is 0 Å². The number of likely N-dealkylation sites (tertiary alicyclic amines) is 1. The summed E-state index contributed by atoms with van der Waals surface area (Å²) in [6, 6.07) is 4.75. The minimum Gasteiger partial charge on any atom is -0.379 e. The molecule has 3 rings (SSSR count). The van der Waals surface area contributed by atoms with Crippen molar-refractivity contribution in [2.24, 2.45) is 4.99 Å². The molecule has 0 saturated carbocycles. The molecule has 2 aliphatic rings. The van der Waals surface area contributed by atoms with E-state index in [0.29, 0.717) is 6.04 Å². The number of guanidine groups is 1. The molecule has 0 bridgehead atoms. The normalized spacial score (nSPS) is 21.6. The van der Waals surface area contributed by atoms with E-state index in [-0.39, 0.29) is 0 Å². The Kier molecular flexibility index (Phi) is 6.30. The van der Waals surface area contributed by atoms with Gasteiger partial charge in [0.05, 0.1) is 25.8 Å². The summed E-state index contributed by atoms with van der Waals surface area (Å²) in [7, 11) is 0. The molecule has 6 heteroatoms. The predicted molar refractivity (Wildman–Crippen MR) is 96.2 cm³/mol. The van der Waals surface area contributed by atoms with Crippen molar-refractivity contribution in [2.45, 2.75) is 25.8 Å². The molecule has 3 heterocycles. The maximum Gasteiger partial charge on any atom is 0.193 e. The van der Waals surface area contributed by atoms with Gasteiger partial charge in [0.15, 0.2) is 5.96 Å². The third-order valence-corrected chi connectivity index (χ3v) is 5.49. The molecule has 2 fully saturated rings. The second kappa shape index (κ2) is 8.66. The highest BCUT2D eigenvalue weighted by Gasteiger charge is 2.24. The SMILES string of the molecule is CCNC(=NCC(c1cccs1)N1CCOCC1)N1CCCC1. The molecule has 1 aromatic rings. The smallest absolute Gasteiger partial charge is 0.193 e. The van der Waals surface area contributed by atoms with Crippen LogP contribution in [0.5, 0.6) is 0 Å². The van der Waals surface area contributed by atoms with Crippen molar-refractivity contribution in [1.82, 2.24) is 15.1 Å². The van der Waals surface area contributed by atoms with Crippen molar-refractivity contribution >= 4 is 17.3 Å². The van der Waals surface area contributed by atoms with Crippen LogP contribution in [0.3, 0.4) is 0 Å². The molecular formula is C17H28N4OS. The molecule has 0 aromatic carbocycles. The molecule has 1 N–H and O–H groups in total. The van der Waals surface area contributed by atoms with Crippen molar-refractivity contribution in [1.29, 1.82) is 0 Å². The Bertz CT molecular complexity index is 479. The molecule has 0 aliphatic carbocycles. The fourth-order valence-electron chi connectivity index (χ4n) is 3.28. The van der Waals surface area contributed by atoms with E-state index >= 15 is 0 Å². The predicted octanol–water partition coefficient (Wildman–Crippen LogP) is 2.18. The Hall–Kier alpha value is -1.11. The van der Waals surface area contributed by atoms with E-state index in [1.165, 1.54) is 17.7 Å². The quantitative estimate of drug-likeness (QED) is 0.661. The van der Waals surface area contributed by atoms with Gasteiger partial charge in [-0.15, -0.1) is 11.3 Å². The van der Waals surface area contributed by atoms with E-state index in [0.717, 1.165) is 58.4 Å². The fourth-order valence-corrected chi connectivity index (χ4v) is 4.14. The fraction of sp³-hybridized carbons (Fsp3) is 0.706. The van der Waals surface area contributed by atoms with Gasteiger partial charge in [0.1, 0.15) is 0 Å². The summed E-state index contributed by atoms with van der Waals surface area (Å²) in [4.78, 5) is 11.3. The minimum absolute atomic E-state index is 0.371. The molecule has 2 aliphatic heterocycles. The van der Waals surface area contributed by atoms with Crippen LogP contribution >= 0.6 is 11.3 Å². The summed E-state index contributed by atoms with van der Waals surface area (Å²) >= 11 is 1.84. The lowest BCUT2D eigenvalue weighted by molar-refractivity contribution is 0.0186. The molecule has 5 nitrogen and oxygen atoms in total. The Morgan fingerprint density at radius 2 is 2.09 bits per heavy atom. The zero-order chi connectivity index (χ0) is 15.9. The summed E-state index contributed by atoms with van der Waals surface area (Å²) < 4.78 is 5.52. The zero-order valence-corrected chi connectivity index (χ0v) is 14.9. The first-order valence-corrected chi connectivity index (χ1v) is 9.65. The summed E-state index contributed by atoms with van der Waals surface area (Å²) in [5, 5.41) is 5.63. The molecule has 0 radical (unpaired) electrons. The van der Waals surface area contributed by atoms with Gasteiger partial charge in [-0.1, -0.05) is 6.07 Å². The third kappa shape index (κ3) is 4.46. The van der Waals surface area contributed by atoms with Crippen LogP contribution in [0, 0.1) is 0 Å². The standard InChI is InChI=1S/C17H28N4OS/c1-2-18-17(21-7-3-4-8-21)19-14-15(16-6-5-13-23-16)20-9-11-22-12-10-20/h5-6,13,15H,2-4,7-12,14H2,1H3,(H,18,19). The molecular weight excluding hydrogens is 308 g/mol. The van der Waals surface area contributed by atoms with Gasteiger partial charge in [-0.3, -0.25) is 9.89 Å². The average Bonchev–Trinajstić information content (AvgIpc) is 3.29. The number of nitrogens with one attached hydrogen (secondary N) is 1. The number of aliphatic imine (C=N–C) groups is 1. The van der Waals surface area contributed by atoms with Gasteiger partial charge in [0, 0.05) is 37.6 Å². The summed E-state index contributed by atoms with van der Waals surface area (Å²) in [5.74, 6) is 1.08. The Morgan fingerprint density at radius 1 is 1.30 bits per heavy atom. The molecule has 1 atom stereocenters. The lowest BCUT2D eigenvalue weighted by Crippen LogP contribution is -2.42. The van der Waals surface area contributed by atoms with Crippen LogP contribution < -0.4 is 5.32 Å². The molecule has 23 heavy (non-hydrogen) atoms. The lowest BCUT2D eigenvalue weighted by atomic mass is 10.2. The molecule has 0 spiro atoms. The number of rotatable bonds is 5. The van der Waals surface area contributed by atoms with Crippen LogP contribution in [0.2, 0.25) is 0 Å². The van der Waals surface area contributed by atoms with Gasteiger partial charge < -0.3 is 15.0 Å². The van der Waals surface area contributed by atoms with Gasteiger partial charge >= 0.3 is 0 Å². The Labute approximate surface area is 143 Å². The monoisotopic (exact) mass is 336 g/mol. The van der Waals surface area contributed by atoms with E-state index in [9.17, 15) is 0 Å². The van der Waals surface area contributed by atoms with Gasteiger partial charge in [0.2, 0.25) is 0 Å². The van der Waals surface area contributed by atoms with Crippen molar-refractivity contribution < 1.29 is 4.74 Å². The van der Waals surface area contributed by atoms with E-state index in [1.54, 1.807) is 0 Å². The summed E-state index contributed by atoms with van der Waals surface area (Å²) in [6.45, 7) is 9.81. The maximum atomic E-state index is 5.52. The van der Waals surface area contributed by atoms with Gasteiger partial charge in [-0.05, 0) is 31.2 Å². The second-order valence-electron chi connectivity index (χ2n) is 6.07. The van der Waals surface area contributed by atoms with Crippen molar-refractivity contribution in [2.75, 3.05) is 52.5 Å². The first kappa shape index (κ1) is 16.7. The van der Waals surface area contributed by atoms with Crippen molar-refractivity contribution in [3.8, 4) is 0 Å². The van der Waals surface area contributed by atoms with Crippen LogP contribution in [-0.2, 0) is 4.74 Å². The number of ether oxygens (including phenoxy) is 1. The number of morpholine rings is 1. The Morgan fingerprint density at radius 3 is 2.74 bits per heavy atom. The lowest BCUT2D eigenvalue weighted by Gasteiger charge is -2.33. The summed E-state index contributed by atoms with van der Waals surface area (Å²) in [5.41, 5.74) is 0. The van der Waals surface area contributed by atoms with Gasteiger partial charge in [-0.25, -0.2) is 0 Å². The highest BCUT2D eigenvalue weighted by atomic mass is 32.1. The van der Waals surface area contributed by atoms with Crippen LogP contribution in [-0.4, -0.2) is 68.2 Å². The van der Waals surface area contributed by atoms with Crippen LogP contribution in [0.1, 0.15) is 30.7 Å². The van der Waals surface area contributed by atoms with Crippen LogP contribution in [0.4, 0.5) is 0 Å². The van der Waals surface area contributed by atoms with Crippen LogP contribution in [0.25, 0.3) is 0 Å². The van der Waals surface area contributed by atoms with E-state index < -0.39 is 0 Å². The number of thiophene rings is 1. The average molecular weight is 337 g/mol. The number of nitrogens with zero attached hydrogens (tertiary/aromatic N) is 3. The van der Waals surface area contributed by atoms with E-state index in [2.05, 4.69) is 39.6 Å². The molecule has 128 valence electrons. The first-order chi connectivity index (χ1) is 11.4. The zero-order valence-electron chi connectivity index (χ0n) is 14.0. The first-order valence-electron chi connectivity index (χ1n) is 8.77. The molecule has 2 saturated heterocycles. The topological polar surface area (TPSA) is 40.1 Å². The number of hydrogen-bond acceptors (Lipinski definition) is 4. The number of hydrogen-bond donors (Lipinski definition) is 1. The van der Waals surface area contributed by atoms with Gasteiger partial charge in [0.25, 0.3) is 0 Å². The van der Waals surface area contributed by atoms with E-state index in [4.69, 9.17) is 9.73 Å². The summed E-state index contributed by atoms with van der Waals surface area (Å²) in [6.07, 6.45) is 2.56. The third-order valence-electron chi connectivity index (χ3n) is 4.51. The van der Waals surface area contributed by atoms with Crippen molar-refractivity contribution in [3.63, 3.8) is 0 Å². The highest BCUT2D eigenvalue weighted by molar-refractivity contribution is 7.10. The molecule has 1 aromatic heterocycles. The van der Waals surface area contributed by atoms with Crippen molar-refractivity contribution in [3.05, 3.63) is 22.4 Å². The van der Waals surface area contributed by atoms with E-state index in [1.807, 2.05) is 11.3 Å².